The summed E-state index contributed by atoms with van der Waals surface area (Å²) < 4.78 is 0. The maximum atomic E-state index is 12.0. The summed E-state index contributed by atoms with van der Waals surface area (Å²) in [4.78, 5) is 25.6. The highest BCUT2D eigenvalue weighted by Crippen LogP contribution is 2.13. The summed E-state index contributed by atoms with van der Waals surface area (Å²) >= 11 is 1.61. The third kappa shape index (κ3) is 3.74. The molecule has 0 unspecified atom stereocenters. The predicted octanol–water partition coefficient (Wildman–Crippen LogP) is 1.86. The second kappa shape index (κ2) is 6.95. The average molecular weight is 291 g/mol. The van der Waals surface area contributed by atoms with Gasteiger partial charge in [0.2, 0.25) is 0 Å². The van der Waals surface area contributed by atoms with Crippen molar-refractivity contribution >= 4 is 23.1 Å². The van der Waals surface area contributed by atoms with Gasteiger partial charge in [-0.25, -0.2) is 9.97 Å². The Balaban J connectivity index is 1.95. The second-order valence-corrected chi connectivity index (χ2v) is 5.28. The van der Waals surface area contributed by atoms with Gasteiger partial charge in [-0.1, -0.05) is 6.92 Å². The Labute approximate surface area is 121 Å². The van der Waals surface area contributed by atoms with E-state index in [2.05, 4.69) is 32.5 Å². The molecule has 0 aromatic carbocycles. The molecule has 2 aromatic rings. The van der Waals surface area contributed by atoms with Gasteiger partial charge in [0.1, 0.15) is 16.5 Å². The fourth-order valence-electron chi connectivity index (χ4n) is 1.58. The summed E-state index contributed by atoms with van der Waals surface area (Å²) in [5.74, 6) is 0.355. The Morgan fingerprint density at radius 3 is 2.85 bits per heavy atom. The van der Waals surface area contributed by atoms with Gasteiger partial charge >= 0.3 is 0 Å². The topological polar surface area (TPSA) is 79.8 Å². The highest BCUT2D eigenvalue weighted by Gasteiger charge is 2.09. The summed E-state index contributed by atoms with van der Waals surface area (Å²) in [6, 6.07) is 0. The zero-order valence-corrected chi connectivity index (χ0v) is 12.3. The molecule has 0 radical (unpaired) electrons. The highest BCUT2D eigenvalue weighted by atomic mass is 32.1. The summed E-state index contributed by atoms with van der Waals surface area (Å²) in [7, 11) is 0. The molecule has 0 aliphatic heterocycles. The fourth-order valence-corrected chi connectivity index (χ4v) is 2.38. The van der Waals surface area contributed by atoms with Crippen LogP contribution in [0.3, 0.4) is 0 Å². The number of carbonyl (C=O) groups is 1. The molecule has 0 aliphatic rings. The monoisotopic (exact) mass is 291 g/mol. The lowest BCUT2D eigenvalue weighted by Crippen LogP contribution is -2.24. The molecule has 0 bridgehead atoms. The number of hydrogen-bond donors (Lipinski definition) is 2. The minimum atomic E-state index is -0.245. The van der Waals surface area contributed by atoms with Crippen LogP contribution in [0.2, 0.25) is 0 Å². The zero-order valence-electron chi connectivity index (χ0n) is 11.5. The van der Waals surface area contributed by atoms with Crippen molar-refractivity contribution in [1.82, 2.24) is 20.3 Å². The molecule has 2 N–H and O–H groups in total. The lowest BCUT2D eigenvalue weighted by atomic mass is 10.4. The molecule has 0 spiro atoms. The van der Waals surface area contributed by atoms with Gasteiger partial charge < -0.3 is 10.6 Å². The standard InChI is InChI=1S/C13H17N5OS/c1-3-9-5-16-12(20-9)8-17-13(19)10-6-14-7-11(18-10)15-4-2/h5-7H,3-4,8H2,1-2H3,(H,15,18)(H,17,19). The number of amides is 1. The summed E-state index contributed by atoms with van der Waals surface area (Å²) in [5.41, 5.74) is 0.302. The minimum absolute atomic E-state index is 0.245. The van der Waals surface area contributed by atoms with E-state index in [0.717, 1.165) is 18.0 Å². The number of hydrogen-bond acceptors (Lipinski definition) is 6. The van der Waals surface area contributed by atoms with E-state index < -0.39 is 0 Å². The molecule has 106 valence electrons. The van der Waals surface area contributed by atoms with E-state index in [9.17, 15) is 4.79 Å². The third-order valence-electron chi connectivity index (χ3n) is 2.58. The first kappa shape index (κ1) is 14.4. The molecule has 0 fully saturated rings. The third-order valence-corrected chi connectivity index (χ3v) is 3.72. The van der Waals surface area contributed by atoms with Crippen LogP contribution >= 0.6 is 11.3 Å². The van der Waals surface area contributed by atoms with Crippen molar-refractivity contribution in [2.75, 3.05) is 11.9 Å². The van der Waals surface area contributed by atoms with Crippen molar-refractivity contribution in [1.29, 1.82) is 0 Å². The Bertz CT molecular complexity index is 584. The molecule has 6 nitrogen and oxygen atoms in total. The number of nitrogens with one attached hydrogen (secondary N) is 2. The number of nitrogens with zero attached hydrogens (tertiary/aromatic N) is 3. The number of rotatable bonds is 6. The number of aromatic nitrogens is 3. The van der Waals surface area contributed by atoms with Crippen LogP contribution < -0.4 is 10.6 Å². The van der Waals surface area contributed by atoms with Gasteiger partial charge in [0, 0.05) is 17.6 Å². The first-order valence-electron chi connectivity index (χ1n) is 6.50. The van der Waals surface area contributed by atoms with Gasteiger partial charge in [0.25, 0.3) is 5.91 Å². The van der Waals surface area contributed by atoms with Crippen molar-refractivity contribution in [3.63, 3.8) is 0 Å². The molecule has 0 saturated carbocycles. The Morgan fingerprint density at radius 2 is 2.15 bits per heavy atom. The van der Waals surface area contributed by atoms with Crippen molar-refractivity contribution < 1.29 is 4.79 Å². The summed E-state index contributed by atoms with van der Waals surface area (Å²) in [6.07, 6.45) is 5.85. The van der Waals surface area contributed by atoms with Gasteiger partial charge in [0.15, 0.2) is 0 Å². The lowest BCUT2D eigenvalue weighted by molar-refractivity contribution is 0.0945. The van der Waals surface area contributed by atoms with Crippen LogP contribution in [0.5, 0.6) is 0 Å². The van der Waals surface area contributed by atoms with Gasteiger partial charge in [-0.15, -0.1) is 11.3 Å². The second-order valence-electron chi connectivity index (χ2n) is 4.08. The zero-order chi connectivity index (χ0) is 14.4. The molecule has 2 rings (SSSR count). The Kier molecular flexibility index (Phi) is 5.00. The van der Waals surface area contributed by atoms with Crippen molar-refractivity contribution in [2.45, 2.75) is 26.8 Å². The van der Waals surface area contributed by atoms with Crippen LogP contribution in [-0.4, -0.2) is 27.4 Å². The molecule has 0 aliphatic carbocycles. The van der Waals surface area contributed by atoms with Crippen molar-refractivity contribution in [2.24, 2.45) is 0 Å². The minimum Gasteiger partial charge on any atom is -0.369 e. The number of thiazole rings is 1. The molecular formula is C13H17N5OS. The van der Waals surface area contributed by atoms with E-state index in [-0.39, 0.29) is 5.91 Å². The summed E-state index contributed by atoms with van der Waals surface area (Å²) in [5, 5.41) is 6.72. The van der Waals surface area contributed by atoms with Crippen LogP contribution in [0, 0.1) is 0 Å². The molecule has 2 aromatic heterocycles. The number of carbonyl (C=O) groups excluding carboxylic acids is 1. The smallest absolute Gasteiger partial charge is 0.271 e. The van der Waals surface area contributed by atoms with E-state index in [1.54, 1.807) is 17.5 Å². The average Bonchev–Trinajstić information content (AvgIpc) is 2.93. The van der Waals surface area contributed by atoms with Gasteiger partial charge in [-0.05, 0) is 13.3 Å². The van der Waals surface area contributed by atoms with Crippen LogP contribution in [0.25, 0.3) is 0 Å². The highest BCUT2D eigenvalue weighted by molar-refractivity contribution is 7.11. The van der Waals surface area contributed by atoms with E-state index in [1.807, 2.05) is 13.1 Å². The van der Waals surface area contributed by atoms with E-state index in [0.29, 0.717) is 18.1 Å². The fraction of sp³-hybridized carbons (Fsp3) is 0.385. The number of aryl methyl sites for hydroxylation is 1. The van der Waals surface area contributed by atoms with Gasteiger partial charge in [-0.3, -0.25) is 9.78 Å². The van der Waals surface area contributed by atoms with Gasteiger partial charge in [0.05, 0.1) is 18.9 Å². The molecular weight excluding hydrogens is 274 g/mol. The predicted molar refractivity (Wildman–Crippen MR) is 78.9 cm³/mol. The SMILES string of the molecule is CCNc1cncc(C(=O)NCc2ncc(CC)s2)n1. The first-order valence-corrected chi connectivity index (χ1v) is 7.32. The Hall–Kier alpha value is -2.02. The number of anilines is 1. The molecule has 1 amide bonds. The van der Waals surface area contributed by atoms with E-state index in [1.165, 1.54) is 11.1 Å². The van der Waals surface area contributed by atoms with E-state index in [4.69, 9.17) is 0 Å². The van der Waals surface area contributed by atoms with Crippen LogP contribution in [0.4, 0.5) is 5.82 Å². The molecule has 20 heavy (non-hydrogen) atoms. The van der Waals surface area contributed by atoms with E-state index >= 15 is 0 Å². The molecule has 0 atom stereocenters. The van der Waals surface area contributed by atoms with Crippen molar-refractivity contribution in [3.8, 4) is 0 Å². The van der Waals surface area contributed by atoms with Crippen molar-refractivity contribution in [3.05, 3.63) is 34.2 Å². The Morgan fingerprint density at radius 1 is 1.30 bits per heavy atom. The quantitative estimate of drug-likeness (QED) is 0.849. The maximum absolute atomic E-state index is 12.0. The normalized spacial score (nSPS) is 10.3. The molecule has 7 heteroatoms. The largest absolute Gasteiger partial charge is 0.369 e. The van der Waals surface area contributed by atoms with Crippen LogP contribution in [0.15, 0.2) is 18.6 Å². The summed E-state index contributed by atoms with van der Waals surface area (Å²) in [6.45, 7) is 5.19. The van der Waals surface area contributed by atoms with Crippen LogP contribution in [-0.2, 0) is 13.0 Å². The lowest BCUT2D eigenvalue weighted by Gasteiger charge is -2.05. The molecule has 2 heterocycles. The molecule has 0 saturated heterocycles. The first-order chi connectivity index (χ1) is 9.72. The van der Waals surface area contributed by atoms with Gasteiger partial charge in [-0.2, -0.15) is 0 Å². The van der Waals surface area contributed by atoms with Crippen LogP contribution in [0.1, 0.15) is 34.2 Å². The maximum Gasteiger partial charge on any atom is 0.271 e.